The van der Waals surface area contributed by atoms with Gasteiger partial charge in [0.15, 0.2) is 0 Å². The third kappa shape index (κ3) is 4.22. The summed E-state index contributed by atoms with van der Waals surface area (Å²) in [7, 11) is 0. The molecule has 0 spiro atoms. The fourth-order valence-electron chi connectivity index (χ4n) is 2.70. The lowest BCUT2D eigenvalue weighted by molar-refractivity contribution is -0.385. The van der Waals surface area contributed by atoms with Gasteiger partial charge in [-0.25, -0.2) is 4.39 Å². The maximum Gasteiger partial charge on any atom is 0.306 e. The summed E-state index contributed by atoms with van der Waals surface area (Å²) in [6.07, 6.45) is 2.91. The second kappa shape index (κ2) is 6.62. The van der Waals surface area contributed by atoms with Crippen molar-refractivity contribution in [1.82, 2.24) is 5.32 Å². The Hall–Kier alpha value is -2.02. The number of halogens is 1. The van der Waals surface area contributed by atoms with E-state index in [1.54, 1.807) is 0 Å². The highest BCUT2D eigenvalue weighted by atomic mass is 19.1. The lowest BCUT2D eigenvalue weighted by Gasteiger charge is -2.27. The molecular weight excluding hydrogens is 279 g/mol. The first-order valence-electron chi connectivity index (χ1n) is 6.85. The van der Waals surface area contributed by atoms with Crippen LogP contribution in [0.1, 0.15) is 31.2 Å². The minimum Gasteiger partial charge on any atom is -0.481 e. The van der Waals surface area contributed by atoms with Crippen molar-refractivity contribution in [3.05, 3.63) is 39.7 Å². The van der Waals surface area contributed by atoms with Crippen molar-refractivity contribution >= 4 is 11.7 Å². The lowest BCUT2D eigenvalue weighted by atomic mass is 9.86. The van der Waals surface area contributed by atoms with E-state index in [1.165, 1.54) is 12.1 Å². The third-order valence-corrected chi connectivity index (χ3v) is 3.77. The van der Waals surface area contributed by atoms with Gasteiger partial charge in [-0.2, -0.15) is 0 Å². The van der Waals surface area contributed by atoms with Crippen molar-refractivity contribution < 1.29 is 19.2 Å². The van der Waals surface area contributed by atoms with E-state index in [0.717, 1.165) is 18.9 Å². The minimum absolute atomic E-state index is 0.0437. The van der Waals surface area contributed by atoms with Crippen LogP contribution in [0.4, 0.5) is 10.1 Å². The smallest absolute Gasteiger partial charge is 0.306 e. The van der Waals surface area contributed by atoms with Gasteiger partial charge in [-0.3, -0.25) is 14.9 Å². The van der Waals surface area contributed by atoms with Gasteiger partial charge in [0.2, 0.25) is 0 Å². The Morgan fingerprint density at radius 1 is 1.43 bits per heavy atom. The topological polar surface area (TPSA) is 92.5 Å². The fraction of sp³-hybridized carbons (Fsp3) is 0.500. The average Bonchev–Trinajstić information content (AvgIpc) is 2.45. The molecule has 0 heterocycles. The SMILES string of the molecule is O=C(O)C1CCCC(NCc2cc(F)cc([N+](=O)[O-])c2)C1. The molecule has 1 aliphatic rings. The van der Waals surface area contributed by atoms with Gasteiger partial charge in [0.25, 0.3) is 5.69 Å². The van der Waals surface area contributed by atoms with Gasteiger partial charge in [0, 0.05) is 18.7 Å². The standard InChI is InChI=1S/C14H17FN2O4/c15-11-4-9(5-13(7-11)17(20)21)8-16-12-3-1-2-10(6-12)14(18)19/h4-5,7,10,12,16H,1-3,6,8H2,(H,18,19). The van der Waals surface area contributed by atoms with E-state index in [4.69, 9.17) is 5.11 Å². The van der Waals surface area contributed by atoms with Crippen LogP contribution in [0.3, 0.4) is 0 Å². The highest BCUT2D eigenvalue weighted by molar-refractivity contribution is 5.70. The van der Waals surface area contributed by atoms with Crippen LogP contribution in [-0.4, -0.2) is 22.0 Å². The summed E-state index contributed by atoms with van der Waals surface area (Å²) in [4.78, 5) is 21.0. The van der Waals surface area contributed by atoms with E-state index >= 15 is 0 Å². The van der Waals surface area contributed by atoms with E-state index < -0.39 is 16.7 Å². The molecule has 0 amide bonds. The number of benzene rings is 1. The third-order valence-electron chi connectivity index (χ3n) is 3.77. The van der Waals surface area contributed by atoms with Gasteiger partial charge in [0.05, 0.1) is 16.9 Å². The first-order valence-corrected chi connectivity index (χ1v) is 6.85. The Morgan fingerprint density at radius 2 is 2.19 bits per heavy atom. The number of carbonyl (C=O) groups is 1. The van der Waals surface area contributed by atoms with E-state index in [9.17, 15) is 19.3 Å². The van der Waals surface area contributed by atoms with Crippen molar-refractivity contribution in [1.29, 1.82) is 0 Å². The summed E-state index contributed by atoms with van der Waals surface area (Å²) in [5, 5.41) is 22.9. The molecule has 1 aromatic carbocycles. The van der Waals surface area contributed by atoms with Crippen molar-refractivity contribution in [3.8, 4) is 0 Å². The van der Waals surface area contributed by atoms with Gasteiger partial charge in [0.1, 0.15) is 5.82 Å². The Kier molecular flexibility index (Phi) is 4.85. The molecule has 2 rings (SSSR count). The number of non-ortho nitro benzene ring substituents is 1. The second-order valence-electron chi connectivity index (χ2n) is 5.35. The van der Waals surface area contributed by atoms with Crippen LogP contribution in [0.2, 0.25) is 0 Å². The number of hydrogen-bond donors (Lipinski definition) is 2. The summed E-state index contributed by atoms with van der Waals surface area (Å²) in [5.41, 5.74) is 0.206. The molecule has 2 atom stereocenters. The van der Waals surface area contributed by atoms with E-state index in [2.05, 4.69) is 5.32 Å². The van der Waals surface area contributed by atoms with Gasteiger partial charge in [-0.1, -0.05) is 6.42 Å². The first-order chi connectivity index (χ1) is 9.95. The first kappa shape index (κ1) is 15.4. The number of aliphatic carboxylic acids is 1. The fourth-order valence-corrected chi connectivity index (χ4v) is 2.70. The molecule has 7 heteroatoms. The number of nitrogens with zero attached hydrogens (tertiary/aromatic N) is 1. The lowest BCUT2D eigenvalue weighted by Crippen LogP contribution is -2.36. The number of nitrogens with one attached hydrogen (secondary N) is 1. The second-order valence-corrected chi connectivity index (χ2v) is 5.35. The Bertz CT molecular complexity index is 550. The molecule has 114 valence electrons. The largest absolute Gasteiger partial charge is 0.481 e. The van der Waals surface area contributed by atoms with Crippen LogP contribution in [0, 0.1) is 21.8 Å². The highest BCUT2D eigenvalue weighted by Gasteiger charge is 2.26. The number of carboxylic acid groups (broad SMARTS) is 1. The van der Waals surface area contributed by atoms with E-state index in [-0.39, 0.29) is 24.2 Å². The van der Waals surface area contributed by atoms with Crippen molar-refractivity contribution in [2.45, 2.75) is 38.3 Å². The molecule has 1 aromatic rings. The molecule has 2 N–H and O–H groups in total. The normalized spacial score (nSPS) is 22.0. The molecule has 0 saturated heterocycles. The van der Waals surface area contributed by atoms with Crippen LogP contribution in [0.5, 0.6) is 0 Å². The maximum atomic E-state index is 13.3. The zero-order valence-corrected chi connectivity index (χ0v) is 11.4. The molecule has 1 saturated carbocycles. The summed E-state index contributed by atoms with van der Waals surface area (Å²) in [6, 6.07) is 3.50. The molecule has 1 aliphatic carbocycles. The van der Waals surface area contributed by atoms with Crippen molar-refractivity contribution in [3.63, 3.8) is 0 Å². The number of hydrogen-bond acceptors (Lipinski definition) is 4. The van der Waals surface area contributed by atoms with Crippen LogP contribution >= 0.6 is 0 Å². The number of nitro groups is 1. The predicted octanol–water partition coefficient (Wildman–Crippen LogP) is 2.47. The zero-order chi connectivity index (χ0) is 15.4. The maximum absolute atomic E-state index is 13.3. The minimum atomic E-state index is -0.789. The summed E-state index contributed by atoms with van der Waals surface area (Å²) in [6.45, 7) is 0.287. The van der Waals surface area contributed by atoms with E-state index in [1.807, 2.05) is 0 Å². The number of rotatable bonds is 5. The van der Waals surface area contributed by atoms with Gasteiger partial charge in [-0.05, 0) is 30.9 Å². The molecule has 21 heavy (non-hydrogen) atoms. The van der Waals surface area contributed by atoms with E-state index in [0.29, 0.717) is 18.4 Å². The van der Waals surface area contributed by atoms with Crippen LogP contribution in [0.25, 0.3) is 0 Å². The summed E-state index contributed by atoms with van der Waals surface area (Å²) < 4.78 is 13.3. The monoisotopic (exact) mass is 296 g/mol. The van der Waals surface area contributed by atoms with Gasteiger partial charge >= 0.3 is 5.97 Å². The summed E-state index contributed by atoms with van der Waals surface area (Å²) in [5.74, 6) is -1.78. The quantitative estimate of drug-likeness (QED) is 0.643. The van der Waals surface area contributed by atoms with Crippen LogP contribution in [-0.2, 0) is 11.3 Å². The van der Waals surface area contributed by atoms with Crippen molar-refractivity contribution in [2.75, 3.05) is 0 Å². The Balaban J connectivity index is 1.96. The van der Waals surface area contributed by atoms with Crippen LogP contribution < -0.4 is 5.32 Å². The Morgan fingerprint density at radius 3 is 2.86 bits per heavy atom. The molecule has 2 unspecified atom stereocenters. The van der Waals surface area contributed by atoms with Gasteiger partial charge < -0.3 is 10.4 Å². The molecule has 0 aliphatic heterocycles. The zero-order valence-electron chi connectivity index (χ0n) is 11.4. The van der Waals surface area contributed by atoms with Crippen LogP contribution in [0.15, 0.2) is 18.2 Å². The summed E-state index contributed by atoms with van der Waals surface area (Å²) >= 11 is 0. The number of nitro benzene ring substituents is 1. The van der Waals surface area contributed by atoms with Crippen molar-refractivity contribution in [2.24, 2.45) is 5.92 Å². The predicted molar refractivity (Wildman–Crippen MR) is 73.3 cm³/mol. The van der Waals surface area contributed by atoms with Gasteiger partial charge in [-0.15, -0.1) is 0 Å². The molecule has 0 bridgehead atoms. The molecular formula is C14H17FN2O4. The molecule has 0 radical (unpaired) electrons. The molecule has 1 fully saturated rings. The average molecular weight is 296 g/mol. The Labute approximate surface area is 121 Å². The molecule has 0 aromatic heterocycles. The number of carboxylic acids is 1. The highest BCUT2D eigenvalue weighted by Crippen LogP contribution is 2.25. The molecule has 6 nitrogen and oxygen atoms in total.